The second-order valence-corrected chi connectivity index (χ2v) is 7.58. The minimum absolute atomic E-state index is 0.0411. The highest BCUT2D eigenvalue weighted by molar-refractivity contribution is 5.96. The second kappa shape index (κ2) is 5.20. The molecule has 0 aromatic rings. The van der Waals surface area contributed by atoms with Crippen LogP contribution in [0.1, 0.15) is 47.5 Å². The predicted octanol–water partition coefficient (Wildman–Crippen LogP) is 1.31. The van der Waals surface area contributed by atoms with Crippen LogP contribution in [-0.4, -0.2) is 53.0 Å². The Hall–Kier alpha value is -1.14. The molecule has 22 heavy (non-hydrogen) atoms. The third-order valence-corrected chi connectivity index (χ3v) is 4.99. The Morgan fingerprint density at radius 2 is 2.09 bits per heavy atom. The van der Waals surface area contributed by atoms with Crippen molar-refractivity contribution in [3.05, 3.63) is 0 Å². The number of fused-ring (bicyclic) bond motifs is 1. The van der Waals surface area contributed by atoms with Gasteiger partial charge >= 0.3 is 5.97 Å². The molecule has 6 nitrogen and oxygen atoms in total. The fraction of sp³-hybridized carbons (Fsp3) is 0.875. The molecule has 4 atom stereocenters. The number of aliphatic hydroxyl groups is 1. The average molecular weight is 313 g/mol. The summed E-state index contributed by atoms with van der Waals surface area (Å²) < 4.78 is 10.7. The maximum Gasteiger partial charge on any atom is 0.337 e. The van der Waals surface area contributed by atoms with Gasteiger partial charge in [-0.1, -0.05) is 34.1 Å². The number of carbonyl (C=O) groups excluding carboxylic acids is 2. The highest BCUT2D eigenvalue weighted by Crippen LogP contribution is 2.52. The number of hydrogen-bond donors (Lipinski definition) is 1. The van der Waals surface area contributed by atoms with Gasteiger partial charge in [0.25, 0.3) is 0 Å². The highest BCUT2D eigenvalue weighted by atomic mass is 16.6. The minimum atomic E-state index is -1.52. The van der Waals surface area contributed by atoms with Gasteiger partial charge in [0.1, 0.15) is 11.8 Å². The largest absolute Gasteiger partial charge is 0.467 e. The first-order valence-electron chi connectivity index (χ1n) is 7.81. The molecule has 2 saturated heterocycles. The molecule has 2 fully saturated rings. The van der Waals surface area contributed by atoms with E-state index in [1.807, 2.05) is 27.7 Å². The normalized spacial score (nSPS) is 38.3. The van der Waals surface area contributed by atoms with E-state index in [1.165, 1.54) is 12.0 Å². The lowest BCUT2D eigenvalue weighted by Gasteiger charge is -2.40. The summed E-state index contributed by atoms with van der Waals surface area (Å²) in [6.07, 6.45) is 0.712. The number of amides is 1. The number of methoxy groups -OCH3 is 1. The molecule has 0 aromatic carbocycles. The fourth-order valence-corrected chi connectivity index (χ4v) is 3.80. The van der Waals surface area contributed by atoms with Crippen molar-refractivity contribution in [2.75, 3.05) is 13.7 Å². The Kier molecular flexibility index (Phi) is 4.07. The first-order chi connectivity index (χ1) is 10.1. The van der Waals surface area contributed by atoms with Crippen molar-refractivity contribution in [2.24, 2.45) is 11.3 Å². The van der Waals surface area contributed by atoms with Crippen LogP contribution in [0, 0.1) is 11.3 Å². The number of ether oxygens (including phenoxy) is 2. The molecule has 0 aliphatic carbocycles. The van der Waals surface area contributed by atoms with E-state index in [2.05, 4.69) is 0 Å². The number of rotatable bonds is 3. The van der Waals surface area contributed by atoms with Crippen molar-refractivity contribution in [3.63, 3.8) is 0 Å². The summed E-state index contributed by atoms with van der Waals surface area (Å²) in [4.78, 5) is 26.9. The van der Waals surface area contributed by atoms with Gasteiger partial charge in [-0.25, -0.2) is 4.79 Å². The van der Waals surface area contributed by atoms with Crippen LogP contribution in [-0.2, 0) is 19.1 Å². The smallest absolute Gasteiger partial charge is 0.337 e. The van der Waals surface area contributed by atoms with Crippen molar-refractivity contribution in [3.8, 4) is 0 Å². The summed E-state index contributed by atoms with van der Waals surface area (Å²) in [6.45, 7) is 9.30. The highest BCUT2D eigenvalue weighted by Gasteiger charge is 2.75. The number of nitrogens with zero attached hydrogens (tertiary/aromatic N) is 1. The molecule has 2 rings (SSSR count). The molecule has 6 heteroatoms. The van der Waals surface area contributed by atoms with Crippen molar-refractivity contribution in [1.82, 2.24) is 4.90 Å². The molecule has 0 unspecified atom stereocenters. The molecule has 0 saturated carbocycles. The van der Waals surface area contributed by atoms with Crippen LogP contribution in [0.25, 0.3) is 0 Å². The van der Waals surface area contributed by atoms with Crippen LogP contribution in [0.15, 0.2) is 0 Å². The van der Waals surface area contributed by atoms with Gasteiger partial charge in [-0.05, 0) is 13.3 Å². The van der Waals surface area contributed by atoms with E-state index < -0.39 is 29.3 Å². The third kappa shape index (κ3) is 2.00. The van der Waals surface area contributed by atoms with Crippen LogP contribution < -0.4 is 0 Å². The first-order valence-corrected chi connectivity index (χ1v) is 7.81. The number of hydrogen-bond acceptors (Lipinski definition) is 5. The van der Waals surface area contributed by atoms with Crippen LogP contribution in [0.4, 0.5) is 0 Å². The molecule has 0 aromatic heterocycles. The predicted molar refractivity (Wildman–Crippen MR) is 79.8 cm³/mol. The summed E-state index contributed by atoms with van der Waals surface area (Å²) in [6, 6.07) is 0. The summed E-state index contributed by atoms with van der Waals surface area (Å²) in [5.74, 6) is -1.46. The van der Waals surface area contributed by atoms with E-state index in [1.54, 1.807) is 6.92 Å². The van der Waals surface area contributed by atoms with Crippen LogP contribution in [0.5, 0.6) is 0 Å². The van der Waals surface area contributed by atoms with Crippen molar-refractivity contribution >= 4 is 11.9 Å². The Balaban J connectivity index is 2.59. The molecule has 126 valence electrons. The van der Waals surface area contributed by atoms with Gasteiger partial charge in [0, 0.05) is 5.41 Å². The van der Waals surface area contributed by atoms with Crippen LogP contribution in [0.3, 0.4) is 0 Å². The van der Waals surface area contributed by atoms with E-state index in [0.29, 0.717) is 6.42 Å². The zero-order chi connectivity index (χ0) is 16.9. The topological polar surface area (TPSA) is 76.1 Å². The van der Waals surface area contributed by atoms with Crippen LogP contribution >= 0.6 is 0 Å². The van der Waals surface area contributed by atoms with Gasteiger partial charge in [0.2, 0.25) is 5.91 Å². The molecular formula is C16H27NO5. The quantitative estimate of drug-likeness (QED) is 0.795. The molecule has 2 aliphatic rings. The number of esters is 1. The van der Waals surface area contributed by atoms with Gasteiger partial charge in [0.15, 0.2) is 5.54 Å². The van der Waals surface area contributed by atoms with Crippen molar-refractivity contribution < 1.29 is 24.2 Å². The minimum Gasteiger partial charge on any atom is -0.467 e. The van der Waals surface area contributed by atoms with Gasteiger partial charge in [0.05, 0.1) is 19.6 Å². The maximum absolute atomic E-state index is 13.0. The molecule has 0 spiro atoms. The lowest BCUT2D eigenvalue weighted by atomic mass is 9.75. The van der Waals surface area contributed by atoms with Crippen molar-refractivity contribution in [2.45, 2.75) is 64.8 Å². The Morgan fingerprint density at radius 1 is 1.50 bits per heavy atom. The second-order valence-electron chi connectivity index (χ2n) is 7.58. The van der Waals surface area contributed by atoms with E-state index in [-0.39, 0.29) is 17.9 Å². The standard InChI is InChI=1S/C16H27NO5/c1-7-8-10-11(18)17-12(14(2,3)4)22-9-16(17,13(19)21-6)15(10,5)20/h10,12,20H,7-9H2,1-6H3/t10-,12+,15-,16-/m0/s1. The SMILES string of the molecule is CCC[C@H]1C(=O)N2[C@@H](C(C)(C)C)OC[C@]2(C(=O)OC)[C@@]1(C)O. The summed E-state index contributed by atoms with van der Waals surface area (Å²) >= 11 is 0. The van der Waals surface area contributed by atoms with E-state index in [0.717, 1.165) is 6.42 Å². The summed E-state index contributed by atoms with van der Waals surface area (Å²) in [5.41, 5.74) is -3.35. The van der Waals surface area contributed by atoms with Gasteiger partial charge in [-0.15, -0.1) is 0 Å². The summed E-state index contributed by atoms with van der Waals surface area (Å²) in [7, 11) is 1.27. The van der Waals surface area contributed by atoms with E-state index >= 15 is 0 Å². The lowest BCUT2D eigenvalue weighted by molar-refractivity contribution is -0.167. The van der Waals surface area contributed by atoms with Crippen molar-refractivity contribution in [1.29, 1.82) is 0 Å². The Bertz CT molecular complexity index is 481. The lowest BCUT2D eigenvalue weighted by Crippen LogP contribution is -2.64. The summed E-state index contributed by atoms with van der Waals surface area (Å²) in [5, 5.41) is 11.1. The van der Waals surface area contributed by atoms with Gasteiger partial charge in [-0.2, -0.15) is 0 Å². The van der Waals surface area contributed by atoms with Gasteiger partial charge in [-0.3, -0.25) is 9.69 Å². The van der Waals surface area contributed by atoms with E-state index in [9.17, 15) is 14.7 Å². The first kappa shape index (κ1) is 17.2. The monoisotopic (exact) mass is 313 g/mol. The van der Waals surface area contributed by atoms with E-state index in [4.69, 9.17) is 9.47 Å². The molecule has 1 amide bonds. The van der Waals surface area contributed by atoms with Gasteiger partial charge < -0.3 is 14.6 Å². The molecule has 0 bridgehead atoms. The number of carbonyl (C=O) groups is 2. The molecule has 0 radical (unpaired) electrons. The average Bonchev–Trinajstić information content (AvgIpc) is 2.90. The molecule has 2 heterocycles. The van der Waals surface area contributed by atoms with Crippen LogP contribution in [0.2, 0.25) is 0 Å². The molecule has 2 aliphatic heterocycles. The Morgan fingerprint density at radius 3 is 2.55 bits per heavy atom. The maximum atomic E-state index is 13.0. The Labute approximate surface area is 131 Å². The zero-order valence-electron chi connectivity index (χ0n) is 14.3. The molecule has 1 N–H and O–H groups in total. The zero-order valence-corrected chi connectivity index (χ0v) is 14.3. The fourth-order valence-electron chi connectivity index (χ4n) is 3.80. The molecular weight excluding hydrogens is 286 g/mol. The third-order valence-electron chi connectivity index (χ3n) is 4.99.